The molecule has 2 unspecified atom stereocenters. The highest BCUT2D eigenvalue weighted by atomic mass is 16.2. The number of carbonyl (C=O) groups is 2. The Morgan fingerprint density at radius 3 is 2.30 bits per heavy atom. The lowest BCUT2D eigenvalue weighted by atomic mass is 9.78. The Balaban J connectivity index is 1.48. The topological polar surface area (TPSA) is 96.9 Å². The lowest BCUT2D eigenvalue weighted by molar-refractivity contribution is 0.0827. The van der Waals surface area contributed by atoms with Crippen LogP contribution in [0.4, 0.5) is 0 Å². The Bertz CT molecular complexity index is 872. The molecule has 2 heterocycles. The van der Waals surface area contributed by atoms with Crippen molar-refractivity contribution in [3.63, 3.8) is 0 Å². The van der Waals surface area contributed by atoms with E-state index in [1.54, 1.807) is 18.3 Å². The van der Waals surface area contributed by atoms with Crippen LogP contribution in [0.3, 0.4) is 0 Å². The van der Waals surface area contributed by atoms with Gasteiger partial charge in [0.05, 0.1) is 0 Å². The van der Waals surface area contributed by atoms with E-state index in [9.17, 15) is 9.59 Å². The molecule has 2 amide bonds. The van der Waals surface area contributed by atoms with Gasteiger partial charge in [-0.25, -0.2) is 15.0 Å². The van der Waals surface area contributed by atoms with Gasteiger partial charge in [-0.2, -0.15) is 0 Å². The third-order valence-corrected chi connectivity index (χ3v) is 5.76. The minimum atomic E-state index is -0.284. The van der Waals surface area contributed by atoms with Crippen LogP contribution in [0.15, 0.2) is 36.8 Å². The Morgan fingerprint density at radius 1 is 0.963 bits per heavy atom. The molecule has 2 fully saturated rings. The standard InChI is InChI=1S/C20H23N5O2/c1-14-4-2-5-16(23-14)18(27)25-20-8-3-7-19(12-20,9-10-20)24-17(26)15-6-11-21-13-22-15/h2,4-6,11,13H,3,7-10,12H2,1H3,(H,24,26)(H,25,27). The fourth-order valence-electron chi connectivity index (χ4n) is 4.54. The second kappa shape index (κ2) is 6.72. The van der Waals surface area contributed by atoms with Crippen LogP contribution in [-0.4, -0.2) is 37.8 Å². The van der Waals surface area contributed by atoms with Crippen LogP contribution in [0.1, 0.15) is 65.2 Å². The van der Waals surface area contributed by atoms with Crippen LogP contribution in [0.2, 0.25) is 0 Å². The van der Waals surface area contributed by atoms with Gasteiger partial charge in [0.25, 0.3) is 11.8 Å². The number of aryl methyl sites for hydroxylation is 1. The molecule has 7 heteroatoms. The molecule has 0 radical (unpaired) electrons. The zero-order valence-corrected chi connectivity index (χ0v) is 15.4. The maximum absolute atomic E-state index is 12.7. The maximum atomic E-state index is 12.7. The molecular weight excluding hydrogens is 342 g/mol. The van der Waals surface area contributed by atoms with Crippen molar-refractivity contribution in [1.82, 2.24) is 25.6 Å². The van der Waals surface area contributed by atoms with E-state index in [1.165, 1.54) is 6.33 Å². The number of nitrogens with zero attached hydrogens (tertiary/aromatic N) is 3. The van der Waals surface area contributed by atoms with E-state index >= 15 is 0 Å². The zero-order chi connectivity index (χ0) is 18.9. The number of carbonyl (C=O) groups excluding carboxylic acids is 2. The van der Waals surface area contributed by atoms with Crippen LogP contribution in [0.25, 0.3) is 0 Å². The molecule has 0 spiro atoms. The van der Waals surface area contributed by atoms with E-state index in [-0.39, 0.29) is 22.9 Å². The Hall–Kier alpha value is -2.83. The number of pyridine rings is 1. The number of nitrogens with one attached hydrogen (secondary N) is 2. The summed E-state index contributed by atoms with van der Waals surface area (Å²) in [6.07, 6.45) is 8.20. The Morgan fingerprint density at radius 2 is 1.67 bits per heavy atom. The molecule has 0 aromatic carbocycles. The predicted octanol–water partition coefficient (Wildman–Crippen LogP) is 2.19. The molecule has 2 bridgehead atoms. The Labute approximate surface area is 158 Å². The lowest BCUT2D eigenvalue weighted by Crippen LogP contribution is -2.55. The van der Waals surface area contributed by atoms with Crippen LogP contribution in [0, 0.1) is 6.92 Å². The number of aromatic nitrogens is 3. The molecule has 4 rings (SSSR count). The molecule has 7 nitrogen and oxygen atoms in total. The van der Waals surface area contributed by atoms with Gasteiger partial charge < -0.3 is 10.6 Å². The summed E-state index contributed by atoms with van der Waals surface area (Å²) in [7, 11) is 0. The van der Waals surface area contributed by atoms with Gasteiger partial charge in [0, 0.05) is 23.0 Å². The van der Waals surface area contributed by atoms with Crippen molar-refractivity contribution in [2.45, 2.75) is 56.5 Å². The lowest BCUT2D eigenvalue weighted by Gasteiger charge is -2.40. The minimum Gasteiger partial charge on any atom is -0.345 e. The summed E-state index contributed by atoms with van der Waals surface area (Å²) in [5, 5.41) is 6.42. The first-order valence-corrected chi connectivity index (χ1v) is 9.34. The van der Waals surface area contributed by atoms with Crippen molar-refractivity contribution in [1.29, 1.82) is 0 Å². The zero-order valence-electron chi connectivity index (χ0n) is 15.4. The smallest absolute Gasteiger partial charge is 0.270 e. The molecule has 2 aliphatic rings. The molecule has 2 atom stereocenters. The van der Waals surface area contributed by atoms with Crippen LogP contribution in [0.5, 0.6) is 0 Å². The molecule has 2 saturated carbocycles. The van der Waals surface area contributed by atoms with Crippen molar-refractivity contribution in [3.8, 4) is 0 Å². The van der Waals surface area contributed by atoms with E-state index in [1.807, 2.05) is 19.1 Å². The third kappa shape index (κ3) is 3.54. The van der Waals surface area contributed by atoms with Crippen molar-refractivity contribution < 1.29 is 9.59 Å². The fraction of sp³-hybridized carbons (Fsp3) is 0.450. The van der Waals surface area contributed by atoms with E-state index in [2.05, 4.69) is 25.6 Å². The highest BCUT2D eigenvalue weighted by Gasteiger charge is 2.52. The van der Waals surface area contributed by atoms with E-state index in [0.29, 0.717) is 11.4 Å². The summed E-state index contributed by atoms with van der Waals surface area (Å²) >= 11 is 0. The van der Waals surface area contributed by atoms with Gasteiger partial charge in [0.15, 0.2) is 0 Å². The summed E-state index contributed by atoms with van der Waals surface area (Å²) < 4.78 is 0. The third-order valence-electron chi connectivity index (χ3n) is 5.76. The van der Waals surface area contributed by atoms with Gasteiger partial charge in [0.2, 0.25) is 0 Å². The predicted molar refractivity (Wildman–Crippen MR) is 99.1 cm³/mol. The summed E-state index contributed by atoms with van der Waals surface area (Å²) in [5.74, 6) is -0.319. The average Bonchev–Trinajstić information content (AvgIpc) is 2.92. The normalized spacial score (nSPS) is 26.4. The molecule has 2 aliphatic carbocycles. The van der Waals surface area contributed by atoms with Gasteiger partial charge in [-0.3, -0.25) is 9.59 Å². The summed E-state index contributed by atoms with van der Waals surface area (Å²) in [6.45, 7) is 1.87. The van der Waals surface area contributed by atoms with Gasteiger partial charge in [-0.1, -0.05) is 6.07 Å². The number of rotatable bonds is 4. The fourth-order valence-corrected chi connectivity index (χ4v) is 4.54. The Kier molecular flexibility index (Phi) is 4.37. The second-order valence-electron chi connectivity index (χ2n) is 7.76. The summed E-state index contributed by atoms with van der Waals surface area (Å²) in [6, 6.07) is 7.07. The van der Waals surface area contributed by atoms with Gasteiger partial charge >= 0.3 is 0 Å². The number of hydrogen-bond donors (Lipinski definition) is 2. The molecule has 27 heavy (non-hydrogen) atoms. The maximum Gasteiger partial charge on any atom is 0.270 e. The SMILES string of the molecule is Cc1cccc(C(=O)NC23CCCC(NC(=O)c4ccncn4)(CC2)C3)n1. The highest BCUT2D eigenvalue weighted by molar-refractivity contribution is 5.93. The van der Waals surface area contributed by atoms with Crippen LogP contribution < -0.4 is 10.6 Å². The van der Waals surface area contributed by atoms with Crippen molar-refractivity contribution in [3.05, 3.63) is 53.9 Å². The molecule has 2 N–H and O–H groups in total. The van der Waals surface area contributed by atoms with Crippen molar-refractivity contribution in [2.24, 2.45) is 0 Å². The van der Waals surface area contributed by atoms with Gasteiger partial charge in [0.1, 0.15) is 17.7 Å². The largest absolute Gasteiger partial charge is 0.345 e. The average molecular weight is 365 g/mol. The van der Waals surface area contributed by atoms with Crippen LogP contribution >= 0.6 is 0 Å². The highest BCUT2D eigenvalue weighted by Crippen LogP contribution is 2.48. The molecule has 0 saturated heterocycles. The minimum absolute atomic E-state index is 0.140. The van der Waals surface area contributed by atoms with Crippen LogP contribution in [-0.2, 0) is 0 Å². The van der Waals surface area contributed by atoms with E-state index < -0.39 is 0 Å². The number of fused-ring (bicyclic) bond motifs is 2. The van der Waals surface area contributed by atoms with E-state index in [4.69, 9.17) is 0 Å². The van der Waals surface area contributed by atoms with Crippen molar-refractivity contribution >= 4 is 11.8 Å². The number of amides is 2. The first kappa shape index (κ1) is 17.6. The first-order chi connectivity index (χ1) is 13.0. The van der Waals surface area contributed by atoms with E-state index in [0.717, 1.165) is 44.2 Å². The van der Waals surface area contributed by atoms with Gasteiger partial charge in [-0.15, -0.1) is 0 Å². The quantitative estimate of drug-likeness (QED) is 0.866. The molecule has 140 valence electrons. The molecule has 2 aromatic heterocycles. The molecule has 2 aromatic rings. The second-order valence-corrected chi connectivity index (χ2v) is 7.76. The summed E-state index contributed by atoms with van der Waals surface area (Å²) in [5.41, 5.74) is 1.07. The summed E-state index contributed by atoms with van der Waals surface area (Å²) in [4.78, 5) is 37.5. The first-order valence-electron chi connectivity index (χ1n) is 9.34. The van der Waals surface area contributed by atoms with Crippen molar-refractivity contribution in [2.75, 3.05) is 0 Å². The molecular formula is C20H23N5O2. The van der Waals surface area contributed by atoms with Gasteiger partial charge in [-0.05, 0) is 63.6 Å². The molecule has 0 aliphatic heterocycles. The number of hydrogen-bond acceptors (Lipinski definition) is 5. The monoisotopic (exact) mass is 365 g/mol.